The van der Waals surface area contributed by atoms with Crippen LogP contribution >= 0.6 is 0 Å². The topological polar surface area (TPSA) is 72.6 Å². The monoisotopic (exact) mass is 396 g/mol. The van der Waals surface area contributed by atoms with E-state index in [0.717, 1.165) is 28.2 Å². The molecule has 3 rings (SSSR count). The molecule has 0 spiro atoms. The van der Waals surface area contributed by atoms with Gasteiger partial charge in [-0.3, -0.25) is 0 Å². The van der Waals surface area contributed by atoms with Gasteiger partial charge in [0.15, 0.2) is 0 Å². The Morgan fingerprint density at radius 2 is 1.72 bits per heavy atom. The number of aromatic nitrogens is 3. The molecule has 1 N–H and O–H groups in total. The van der Waals surface area contributed by atoms with Gasteiger partial charge in [-0.05, 0) is 36.8 Å². The van der Waals surface area contributed by atoms with Gasteiger partial charge in [-0.15, -0.1) is 5.10 Å². The van der Waals surface area contributed by atoms with Crippen LogP contribution in [0.5, 0.6) is 0 Å². The van der Waals surface area contributed by atoms with E-state index in [2.05, 4.69) is 39.5 Å². The number of anilines is 1. The third-order valence-corrected chi connectivity index (χ3v) is 4.63. The summed E-state index contributed by atoms with van der Waals surface area (Å²) in [7, 11) is 4.04. The zero-order valence-corrected chi connectivity index (χ0v) is 17.2. The number of nitrogens with zero attached hydrogens (tertiary/aromatic N) is 4. The SMILES string of the molecule is CC(OCCOCCO)c1ccc(-n2cc(-c3ccc(N(C)C)cc3)nn2)cc1. The molecule has 1 unspecified atom stereocenters. The molecule has 29 heavy (non-hydrogen) atoms. The van der Waals surface area contributed by atoms with Crippen molar-refractivity contribution >= 4 is 5.69 Å². The van der Waals surface area contributed by atoms with E-state index in [1.165, 1.54) is 0 Å². The molecule has 0 bridgehead atoms. The summed E-state index contributed by atoms with van der Waals surface area (Å²) in [5.41, 5.74) is 5.03. The van der Waals surface area contributed by atoms with E-state index in [4.69, 9.17) is 14.6 Å². The molecule has 1 atom stereocenters. The van der Waals surface area contributed by atoms with Crippen molar-refractivity contribution in [2.45, 2.75) is 13.0 Å². The van der Waals surface area contributed by atoms with Crippen molar-refractivity contribution in [1.82, 2.24) is 15.0 Å². The molecule has 0 aliphatic carbocycles. The molecule has 1 aromatic heterocycles. The number of ether oxygens (including phenoxy) is 2. The Hall–Kier alpha value is -2.74. The highest BCUT2D eigenvalue weighted by molar-refractivity contribution is 5.62. The molecule has 154 valence electrons. The number of hydrogen-bond donors (Lipinski definition) is 1. The maximum atomic E-state index is 8.69. The van der Waals surface area contributed by atoms with Gasteiger partial charge in [0, 0.05) is 25.3 Å². The van der Waals surface area contributed by atoms with E-state index >= 15 is 0 Å². The first-order valence-corrected chi connectivity index (χ1v) is 9.69. The minimum absolute atomic E-state index is 0.0302. The van der Waals surface area contributed by atoms with Gasteiger partial charge >= 0.3 is 0 Å². The molecule has 2 aromatic carbocycles. The predicted octanol–water partition coefficient (Wildman–Crippen LogP) is 3.09. The highest BCUT2D eigenvalue weighted by atomic mass is 16.5. The Bertz CT molecular complexity index is 876. The van der Waals surface area contributed by atoms with Crippen LogP contribution in [-0.4, -0.2) is 60.6 Å². The summed E-state index contributed by atoms with van der Waals surface area (Å²) in [6.07, 6.45) is 1.89. The molecule has 1 heterocycles. The summed E-state index contributed by atoms with van der Waals surface area (Å²) in [5.74, 6) is 0. The molecule has 0 aliphatic heterocycles. The number of hydrogen-bond acceptors (Lipinski definition) is 6. The van der Waals surface area contributed by atoms with Crippen LogP contribution in [0.25, 0.3) is 16.9 Å². The van der Waals surface area contributed by atoms with Crippen molar-refractivity contribution in [2.75, 3.05) is 45.4 Å². The van der Waals surface area contributed by atoms with Gasteiger partial charge in [-0.25, -0.2) is 4.68 Å². The van der Waals surface area contributed by atoms with Gasteiger partial charge in [-0.2, -0.15) is 0 Å². The molecule has 0 amide bonds. The summed E-state index contributed by atoms with van der Waals surface area (Å²) in [4.78, 5) is 2.06. The Morgan fingerprint density at radius 1 is 1.00 bits per heavy atom. The molecular formula is C22H28N4O3. The molecule has 7 heteroatoms. The van der Waals surface area contributed by atoms with Gasteiger partial charge in [0.05, 0.1) is 44.4 Å². The van der Waals surface area contributed by atoms with Gasteiger partial charge in [0.2, 0.25) is 0 Å². The highest BCUT2D eigenvalue weighted by Crippen LogP contribution is 2.22. The lowest BCUT2D eigenvalue weighted by Crippen LogP contribution is -2.09. The maximum Gasteiger partial charge on any atom is 0.113 e. The average Bonchev–Trinajstić information content (AvgIpc) is 3.24. The standard InChI is InChI=1S/C22H28N4O3/c1-17(29-15-14-28-13-12-27)18-4-10-21(11-5-18)26-16-22(23-24-26)19-6-8-20(9-7-19)25(2)3/h4-11,16-17,27H,12-15H2,1-3H3. The van der Waals surface area contributed by atoms with Crippen LogP contribution in [0.4, 0.5) is 5.69 Å². The molecule has 0 radical (unpaired) electrons. The lowest BCUT2D eigenvalue weighted by atomic mass is 10.1. The van der Waals surface area contributed by atoms with Crippen LogP contribution in [0.3, 0.4) is 0 Å². The third-order valence-electron chi connectivity index (χ3n) is 4.63. The van der Waals surface area contributed by atoms with Crippen molar-refractivity contribution in [3.8, 4) is 16.9 Å². The Balaban J connectivity index is 1.61. The molecule has 0 saturated heterocycles. The Morgan fingerprint density at radius 3 is 2.38 bits per heavy atom. The van der Waals surface area contributed by atoms with Crippen LogP contribution in [0.1, 0.15) is 18.6 Å². The second kappa shape index (κ2) is 10.2. The van der Waals surface area contributed by atoms with Crippen LogP contribution in [0.15, 0.2) is 54.7 Å². The fourth-order valence-electron chi connectivity index (χ4n) is 2.90. The average molecular weight is 396 g/mol. The Kier molecular flexibility index (Phi) is 7.35. The van der Waals surface area contributed by atoms with E-state index in [-0.39, 0.29) is 12.7 Å². The van der Waals surface area contributed by atoms with E-state index in [0.29, 0.717) is 19.8 Å². The summed E-state index contributed by atoms with van der Waals surface area (Å²) in [6.45, 7) is 3.34. The molecule has 0 aliphatic rings. The molecular weight excluding hydrogens is 368 g/mol. The fraction of sp³-hybridized carbons (Fsp3) is 0.364. The van der Waals surface area contributed by atoms with Crippen LogP contribution in [0.2, 0.25) is 0 Å². The van der Waals surface area contributed by atoms with Crippen molar-refractivity contribution in [2.24, 2.45) is 0 Å². The summed E-state index contributed by atoms with van der Waals surface area (Å²) in [6, 6.07) is 16.3. The van der Waals surface area contributed by atoms with Gasteiger partial charge < -0.3 is 19.5 Å². The lowest BCUT2D eigenvalue weighted by Gasteiger charge is -2.14. The van der Waals surface area contributed by atoms with Crippen molar-refractivity contribution in [3.63, 3.8) is 0 Å². The second-order valence-electron chi connectivity index (χ2n) is 6.93. The van der Waals surface area contributed by atoms with Crippen molar-refractivity contribution in [3.05, 3.63) is 60.3 Å². The number of rotatable bonds is 10. The first kappa shape index (κ1) is 21.0. The highest BCUT2D eigenvalue weighted by Gasteiger charge is 2.09. The van der Waals surface area contributed by atoms with E-state index < -0.39 is 0 Å². The first-order chi connectivity index (χ1) is 14.1. The molecule has 0 saturated carbocycles. The second-order valence-corrected chi connectivity index (χ2v) is 6.93. The van der Waals surface area contributed by atoms with E-state index in [1.807, 2.05) is 51.5 Å². The summed E-state index contributed by atoms with van der Waals surface area (Å²) in [5, 5.41) is 17.3. The number of benzene rings is 2. The number of aliphatic hydroxyl groups is 1. The summed E-state index contributed by atoms with van der Waals surface area (Å²) < 4.78 is 12.7. The van der Waals surface area contributed by atoms with E-state index in [1.54, 1.807) is 4.68 Å². The Labute approximate surface area is 171 Å². The van der Waals surface area contributed by atoms with Crippen LogP contribution in [0, 0.1) is 0 Å². The first-order valence-electron chi connectivity index (χ1n) is 9.69. The predicted molar refractivity (Wildman–Crippen MR) is 113 cm³/mol. The largest absolute Gasteiger partial charge is 0.394 e. The number of aliphatic hydroxyl groups excluding tert-OH is 1. The van der Waals surface area contributed by atoms with Gasteiger partial charge in [0.25, 0.3) is 0 Å². The maximum absolute atomic E-state index is 8.69. The van der Waals surface area contributed by atoms with Crippen molar-refractivity contribution < 1.29 is 14.6 Å². The lowest BCUT2D eigenvalue weighted by molar-refractivity contribution is 0.00337. The zero-order chi connectivity index (χ0) is 20.6. The zero-order valence-electron chi connectivity index (χ0n) is 17.2. The van der Waals surface area contributed by atoms with Gasteiger partial charge in [-0.1, -0.05) is 29.5 Å². The fourth-order valence-corrected chi connectivity index (χ4v) is 2.90. The summed E-state index contributed by atoms with van der Waals surface area (Å²) >= 11 is 0. The van der Waals surface area contributed by atoms with Crippen LogP contribution in [-0.2, 0) is 9.47 Å². The normalized spacial score (nSPS) is 12.1. The minimum atomic E-state index is -0.0386. The van der Waals surface area contributed by atoms with E-state index in [9.17, 15) is 0 Å². The molecule has 7 nitrogen and oxygen atoms in total. The smallest absolute Gasteiger partial charge is 0.113 e. The molecule has 3 aromatic rings. The van der Waals surface area contributed by atoms with Crippen molar-refractivity contribution in [1.29, 1.82) is 0 Å². The minimum Gasteiger partial charge on any atom is -0.394 e. The quantitative estimate of drug-likeness (QED) is 0.531. The van der Waals surface area contributed by atoms with Gasteiger partial charge in [0.1, 0.15) is 5.69 Å². The third kappa shape index (κ3) is 5.63. The van der Waals surface area contributed by atoms with Crippen LogP contribution < -0.4 is 4.90 Å². The molecule has 0 fully saturated rings.